The molecule has 1 aliphatic heterocycles. The minimum Gasteiger partial charge on any atom is -0.456 e. The second-order valence-corrected chi connectivity index (χ2v) is 12.4. The van der Waals surface area contributed by atoms with Crippen molar-refractivity contribution in [2.45, 2.75) is 0 Å². The van der Waals surface area contributed by atoms with Gasteiger partial charge in [0, 0.05) is 10.9 Å². The summed E-state index contributed by atoms with van der Waals surface area (Å²) in [5.74, 6) is 1.82. The molecule has 1 nitrogen and oxygen atoms in total. The van der Waals surface area contributed by atoms with E-state index < -0.39 is 0 Å². The summed E-state index contributed by atoms with van der Waals surface area (Å²) >= 11 is 0. The fraction of sp³-hybridized carbons (Fsp3) is 0. The van der Waals surface area contributed by atoms with Crippen LogP contribution in [0.1, 0.15) is 0 Å². The first kappa shape index (κ1) is 26.1. The number of fused-ring (bicyclic) bond motifs is 5. The Hall–Kier alpha value is -6.18. The van der Waals surface area contributed by atoms with Gasteiger partial charge in [-0.25, -0.2) is 0 Å². The van der Waals surface area contributed by atoms with Crippen LogP contribution in [0.2, 0.25) is 0 Å². The number of hydrogen-bond acceptors (Lipinski definition) is 1. The highest BCUT2D eigenvalue weighted by Gasteiger charge is 2.23. The Labute approximate surface area is 272 Å². The van der Waals surface area contributed by atoms with E-state index in [9.17, 15) is 0 Å². The minimum absolute atomic E-state index is 0.899. The maximum Gasteiger partial charge on any atom is 0.135 e. The van der Waals surface area contributed by atoms with Crippen molar-refractivity contribution < 1.29 is 4.74 Å². The Kier molecular flexibility index (Phi) is 5.64. The summed E-state index contributed by atoms with van der Waals surface area (Å²) in [6.45, 7) is 0. The third-order valence-corrected chi connectivity index (χ3v) is 9.83. The molecule has 0 unspecified atom stereocenters. The number of rotatable bonds is 3. The molecule has 1 heteroatoms. The Morgan fingerprint density at radius 1 is 0.298 bits per heavy atom. The molecule has 10 rings (SSSR count). The van der Waals surface area contributed by atoms with Gasteiger partial charge in [0.05, 0.1) is 0 Å². The molecule has 0 aromatic heterocycles. The van der Waals surface area contributed by atoms with Crippen LogP contribution in [0.25, 0.3) is 87.6 Å². The SMILES string of the molecule is c1ccc(-c2ccc3c(-c4c5ccccc5c(-c5ccc6c(c5)-c5cccc7cccc(c57)O6)c5ccccc45)cccc3c2)cc1. The van der Waals surface area contributed by atoms with Crippen molar-refractivity contribution in [1.29, 1.82) is 0 Å². The van der Waals surface area contributed by atoms with Crippen LogP contribution in [0, 0.1) is 0 Å². The molecule has 9 aromatic rings. The molecule has 0 aliphatic carbocycles. The van der Waals surface area contributed by atoms with Crippen LogP contribution in [0.3, 0.4) is 0 Å². The van der Waals surface area contributed by atoms with Crippen molar-refractivity contribution in [2.75, 3.05) is 0 Å². The van der Waals surface area contributed by atoms with E-state index >= 15 is 0 Å². The van der Waals surface area contributed by atoms with E-state index in [0.29, 0.717) is 0 Å². The van der Waals surface area contributed by atoms with Crippen LogP contribution >= 0.6 is 0 Å². The van der Waals surface area contributed by atoms with Crippen molar-refractivity contribution in [3.63, 3.8) is 0 Å². The number of ether oxygens (including phenoxy) is 1. The maximum atomic E-state index is 6.47. The van der Waals surface area contributed by atoms with Gasteiger partial charge in [0.1, 0.15) is 11.5 Å². The lowest BCUT2D eigenvalue weighted by Gasteiger charge is -2.23. The van der Waals surface area contributed by atoms with E-state index in [4.69, 9.17) is 4.74 Å². The summed E-state index contributed by atoms with van der Waals surface area (Å²) < 4.78 is 6.47. The molecule has 0 fully saturated rings. The molecule has 0 spiro atoms. The van der Waals surface area contributed by atoms with Crippen LogP contribution < -0.4 is 4.74 Å². The summed E-state index contributed by atoms with van der Waals surface area (Å²) in [5, 5.41) is 9.87. The first-order valence-corrected chi connectivity index (χ1v) is 16.2. The standard InChI is InChI=1S/C46H28O/c1-2-11-29(12-3-1)31-23-25-34-32(27-31)15-9-20-35(34)46-38-18-6-4-16-36(38)44(37-17-5-7-19-39(37)46)33-24-26-42-41(28-33)40-21-8-13-30-14-10-22-43(47-42)45(30)40/h1-28H. The van der Waals surface area contributed by atoms with Gasteiger partial charge in [-0.05, 0) is 101 Å². The highest BCUT2D eigenvalue weighted by Crippen LogP contribution is 2.50. The topological polar surface area (TPSA) is 9.23 Å². The second kappa shape index (κ2) is 10.2. The van der Waals surface area contributed by atoms with Gasteiger partial charge >= 0.3 is 0 Å². The van der Waals surface area contributed by atoms with Crippen LogP contribution in [0.5, 0.6) is 11.5 Å². The predicted octanol–water partition coefficient (Wildman–Crippen LogP) is 13.1. The molecule has 0 saturated heterocycles. The number of hydrogen-bond donors (Lipinski definition) is 0. The van der Waals surface area contributed by atoms with Gasteiger partial charge in [0.25, 0.3) is 0 Å². The van der Waals surface area contributed by atoms with Crippen LogP contribution in [-0.2, 0) is 0 Å². The number of benzene rings is 9. The quantitative estimate of drug-likeness (QED) is 0.184. The zero-order chi connectivity index (χ0) is 30.9. The van der Waals surface area contributed by atoms with Crippen LogP contribution in [0.4, 0.5) is 0 Å². The fourth-order valence-electron chi connectivity index (χ4n) is 7.76. The first-order chi connectivity index (χ1) is 23.3. The predicted molar refractivity (Wildman–Crippen MR) is 198 cm³/mol. The van der Waals surface area contributed by atoms with Crippen molar-refractivity contribution in [3.8, 4) is 56.0 Å². The van der Waals surface area contributed by atoms with Crippen molar-refractivity contribution in [3.05, 3.63) is 170 Å². The van der Waals surface area contributed by atoms with Gasteiger partial charge in [-0.3, -0.25) is 0 Å². The van der Waals surface area contributed by atoms with Gasteiger partial charge in [-0.1, -0.05) is 146 Å². The average molecular weight is 597 g/mol. The van der Waals surface area contributed by atoms with Gasteiger partial charge in [-0.2, -0.15) is 0 Å². The smallest absolute Gasteiger partial charge is 0.135 e. The van der Waals surface area contributed by atoms with E-state index in [2.05, 4.69) is 170 Å². The molecule has 218 valence electrons. The molecule has 0 bridgehead atoms. The zero-order valence-corrected chi connectivity index (χ0v) is 25.6. The molecule has 47 heavy (non-hydrogen) atoms. The Morgan fingerprint density at radius 2 is 0.915 bits per heavy atom. The van der Waals surface area contributed by atoms with Gasteiger partial charge in [0.2, 0.25) is 0 Å². The van der Waals surface area contributed by atoms with E-state index in [0.717, 1.165) is 17.1 Å². The summed E-state index contributed by atoms with van der Waals surface area (Å²) in [5.41, 5.74) is 9.78. The molecule has 0 saturated carbocycles. The first-order valence-electron chi connectivity index (χ1n) is 16.2. The fourth-order valence-corrected chi connectivity index (χ4v) is 7.76. The lowest BCUT2D eigenvalue weighted by molar-refractivity contribution is 0.487. The monoisotopic (exact) mass is 596 g/mol. The Morgan fingerprint density at radius 3 is 1.66 bits per heavy atom. The van der Waals surface area contributed by atoms with E-state index in [1.54, 1.807) is 0 Å². The summed E-state index contributed by atoms with van der Waals surface area (Å²) in [7, 11) is 0. The molecule has 9 aromatic carbocycles. The molecule has 1 heterocycles. The molecular formula is C46H28O. The highest BCUT2D eigenvalue weighted by molar-refractivity contribution is 6.24. The zero-order valence-electron chi connectivity index (χ0n) is 25.6. The van der Waals surface area contributed by atoms with Crippen LogP contribution in [-0.4, -0.2) is 0 Å². The van der Waals surface area contributed by atoms with E-state index in [1.807, 2.05) is 0 Å². The maximum absolute atomic E-state index is 6.47. The molecule has 0 N–H and O–H groups in total. The Bertz CT molecular complexity index is 2640. The molecular weight excluding hydrogens is 569 g/mol. The van der Waals surface area contributed by atoms with Crippen molar-refractivity contribution >= 4 is 43.1 Å². The lowest BCUT2D eigenvalue weighted by atomic mass is 9.83. The van der Waals surface area contributed by atoms with Gasteiger partial charge < -0.3 is 4.74 Å². The third-order valence-electron chi connectivity index (χ3n) is 9.83. The molecule has 0 radical (unpaired) electrons. The highest BCUT2D eigenvalue weighted by atomic mass is 16.5. The third kappa shape index (κ3) is 3.97. The van der Waals surface area contributed by atoms with Gasteiger partial charge in [-0.15, -0.1) is 0 Å². The molecule has 0 amide bonds. The summed E-state index contributed by atoms with van der Waals surface area (Å²) in [6, 6.07) is 61.6. The Balaban J connectivity index is 1.23. The minimum atomic E-state index is 0.899. The van der Waals surface area contributed by atoms with Gasteiger partial charge in [0.15, 0.2) is 0 Å². The normalized spacial score (nSPS) is 12.0. The molecule has 0 atom stereocenters. The summed E-state index contributed by atoms with van der Waals surface area (Å²) in [6.07, 6.45) is 0. The second-order valence-electron chi connectivity index (χ2n) is 12.4. The summed E-state index contributed by atoms with van der Waals surface area (Å²) in [4.78, 5) is 0. The average Bonchev–Trinajstić information content (AvgIpc) is 3.14. The van der Waals surface area contributed by atoms with Crippen molar-refractivity contribution in [1.82, 2.24) is 0 Å². The van der Waals surface area contributed by atoms with Crippen molar-refractivity contribution in [2.24, 2.45) is 0 Å². The van der Waals surface area contributed by atoms with E-state index in [-0.39, 0.29) is 0 Å². The lowest BCUT2D eigenvalue weighted by Crippen LogP contribution is -1.98. The van der Waals surface area contributed by atoms with E-state index in [1.165, 1.54) is 82.0 Å². The largest absolute Gasteiger partial charge is 0.456 e. The van der Waals surface area contributed by atoms with Crippen LogP contribution in [0.15, 0.2) is 170 Å². The molecule has 1 aliphatic rings.